The Bertz CT molecular complexity index is 2830. The zero-order valence-electron chi connectivity index (χ0n) is 52.8. The molecule has 0 saturated carbocycles. The number of primary amides is 1. The molecule has 0 saturated heterocycles. The smallest absolute Gasteiger partial charge is 0.326 e. The number of unbranched alkanes of at least 4 members (excludes halogenated alkanes) is 2. The van der Waals surface area contributed by atoms with Gasteiger partial charge in [-0.1, -0.05) is 90.1 Å². The van der Waals surface area contributed by atoms with Crippen molar-refractivity contribution in [1.29, 1.82) is 0 Å². The van der Waals surface area contributed by atoms with Crippen LogP contribution < -0.4 is 70.8 Å². The molecule has 90 heavy (non-hydrogen) atoms. The van der Waals surface area contributed by atoms with E-state index in [9.17, 15) is 68.1 Å². The second-order valence-electron chi connectivity index (χ2n) is 24.1. The second kappa shape index (κ2) is 39.2. The van der Waals surface area contributed by atoms with E-state index in [-0.39, 0.29) is 88.6 Å². The van der Waals surface area contributed by atoms with Gasteiger partial charge in [0.25, 0.3) is 0 Å². The van der Waals surface area contributed by atoms with Crippen LogP contribution in [0.5, 0.6) is 0 Å². The summed E-state index contributed by atoms with van der Waals surface area (Å²) in [5.74, 6) is -10.8. The number of carboxylic acid groups (broad SMARTS) is 1. The lowest BCUT2D eigenvalue weighted by Gasteiger charge is -2.29. The van der Waals surface area contributed by atoms with Crippen LogP contribution >= 0.6 is 0 Å². The molecule has 3 aromatic rings. The van der Waals surface area contributed by atoms with Gasteiger partial charge in [-0.25, -0.2) is 4.79 Å². The minimum Gasteiger partial charge on any atom is -0.480 e. The van der Waals surface area contributed by atoms with Crippen molar-refractivity contribution in [3.63, 3.8) is 0 Å². The Labute approximate surface area is 525 Å². The maximum atomic E-state index is 14.7. The zero-order chi connectivity index (χ0) is 67.2. The van der Waals surface area contributed by atoms with E-state index >= 15 is 0 Å². The van der Waals surface area contributed by atoms with E-state index in [0.717, 1.165) is 16.5 Å². The number of hydrogen-bond donors (Lipinski definition) is 17. The molecule has 0 unspecified atom stereocenters. The zero-order valence-corrected chi connectivity index (χ0v) is 52.8. The maximum absolute atomic E-state index is 14.7. The number of carbonyl (C=O) groups is 11. The SMILES string of the molecule is CC(C)C[C@H](NC(=O)[C@H](CO)NC(=O)[C@H](CC(C)C)NC(=O)[C@H](CCCCN)NC(=O)[C@H](CCC(N)=O)NC(=O)[C@@H](NC(=O)[C@H](CCCCN)NC(=O)[C@H](Cc1c[nH]c2ccccc12)NC(=O)[C@H](CC(C)C)NC(=O)[C@@H](N)Cc1ccccc1)[C@@H](C)O)C(=O)O. The highest BCUT2D eigenvalue weighted by Crippen LogP contribution is 2.20. The third kappa shape index (κ3) is 26.6. The molecule has 1 heterocycles. The van der Waals surface area contributed by atoms with Crippen LogP contribution in [0.1, 0.15) is 130 Å². The Kier molecular flexibility index (Phi) is 33.2. The van der Waals surface area contributed by atoms with Gasteiger partial charge in [-0.15, -0.1) is 0 Å². The van der Waals surface area contributed by atoms with Gasteiger partial charge in [-0.05, 0) is 126 Å². The number of aromatic amines is 1. The molecule has 2 aromatic carbocycles. The predicted molar refractivity (Wildman–Crippen MR) is 337 cm³/mol. The minimum atomic E-state index is -1.83. The van der Waals surface area contributed by atoms with Crippen LogP contribution in [0.4, 0.5) is 0 Å². The van der Waals surface area contributed by atoms with E-state index in [1.807, 2.05) is 62.4 Å². The predicted octanol–water partition coefficient (Wildman–Crippen LogP) is -1.24. The number of aromatic nitrogens is 1. The standard InChI is InChI=1S/C62H98N14O14/c1-34(2)27-46(71-53(80)41(65)30-38-17-9-8-10-18-38)57(84)73-48(31-39-32-67-42-20-12-11-19-40(39)42)59(86)69-44(22-14-16-26-64)56(83)76-52(37(7)78)61(88)70-45(23-24-51(66)79)55(82)68-43(21-13-15-25-63)54(81)72-47(28-35(3)4)58(85)75-50(33-77)60(87)74-49(62(89)90)29-36(5)6/h8-12,17-20,32,34-37,41,43-50,52,67,77-78H,13-16,21-31,33,63-65H2,1-7H3,(H2,66,79)(H,68,82)(H,69,86)(H,70,88)(H,71,80)(H,72,81)(H,73,84)(H,74,87)(H,75,85)(H,76,83)(H,89,90)/t37-,41+,43+,44+,45+,46+,47+,48+,49+,50+,52+/m1/s1. The molecule has 0 aliphatic rings. The number of nitrogens with two attached hydrogens (primary N) is 4. The molecule has 28 heteroatoms. The highest BCUT2D eigenvalue weighted by atomic mass is 16.4. The summed E-state index contributed by atoms with van der Waals surface area (Å²) in [7, 11) is 0. The lowest BCUT2D eigenvalue weighted by molar-refractivity contribution is -0.143. The highest BCUT2D eigenvalue weighted by molar-refractivity contribution is 5.99. The fourth-order valence-corrected chi connectivity index (χ4v) is 9.90. The van der Waals surface area contributed by atoms with Crippen LogP contribution in [0, 0.1) is 17.8 Å². The molecule has 0 aliphatic carbocycles. The van der Waals surface area contributed by atoms with Crippen molar-refractivity contribution in [2.75, 3.05) is 19.7 Å². The lowest BCUT2D eigenvalue weighted by Crippen LogP contribution is -2.62. The Balaban J connectivity index is 1.94. The van der Waals surface area contributed by atoms with Gasteiger partial charge in [0.2, 0.25) is 59.1 Å². The average Bonchev–Trinajstić information content (AvgIpc) is 3.02. The molecular formula is C62H98N14O14. The third-order valence-corrected chi connectivity index (χ3v) is 14.7. The quantitative estimate of drug-likeness (QED) is 0.0295. The van der Waals surface area contributed by atoms with Crippen LogP contribution in [-0.2, 0) is 65.6 Å². The van der Waals surface area contributed by atoms with Crippen molar-refractivity contribution in [2.24, 2.45) is 40.7 Å². The van der Waals surface area contributed by atoms with Gasteiger partial charge < -0.3 is 91.1 Å². The molecule has 28 nitrogen and oxygen atoms in total. The Morgan fingerprint density at radius 1 is 0.478 bits per heavy atom. The van der Waals surface area contributed by atoms with Crippen LogP contribution in [0.15, 0.2) is 60.8 Å². The van der Waals surface area contributed by atoms with Crippen LogP contribution in [0.2, 0.25) is 0 Å². The number of H-pyrrole nitrogens is 1. The van der Waals surface area contributed by atoms with Crippen molar-refractivity contribution in [2.45, 2.75) is 198 Å². The van der Waals surface area contributed by atoms with E-state index in [0.29, 0.717) is 18.4 Å². The van der Waals surface area contributed by atoms with Gasteiger partial charge in [0.1, 0.15) is 54.4 Å². The number of carbonyl (C=O) groups excluding carboxylic acids is 10. The van der Waals surface area contributed by atoms with E-state index < -0.39 is 151 Å². The summed E-state index contributed by atoms with van der Waals surface area (Å²) in [6, 6.07) is 2.14. The molecule has 0 bridgehead atoms. The van der Waals surface area contributed by atoms with E-state index in [1.54, 1.807) is 40.0 Å². The number of aliphatic carboxylic acids is 1. The molecule has 0 fully saturated rings. The number of para-hydroxylation sites is 1. The van der Waals surface area contributed by atoms with Gasteiger partial charge in [-0.3, -0.25) is 47.9 Å². The Morgan fingerprint density at radius 3 is 1.39 bits per heavy atom. The molecule has 3 rings (SSSR count). The second-order valence-corrected chi connectivity index (χ2v) is 24.1. The summed E-state index contributed by atoms with van der Waals surface area (Å²) in [5, 5.41) is 54.7. The van der Waals surface area contributed by atoms with E-state index in [4.69, 9.17) is 22.9 Å². The normalized spacial score (nSPS) is 15.1. The summed E-state index contributed by atoms with van der Waals surface area (Å²) in [6.45, 7) is 11.3. The maximum Gasteiger partial charge on any atom is 0.326 e. The van der Waals surface area contributed by atoms with Crippen molar-refractivity contribution < 1.29 is 68.1 Å². The molecule has 10 amide bonds. The molecule has 500 valence electrons. The van der Waals surface area contributed by atoms with E-state index in [2.05, 4.69) is 52.8 Å². The van der Waals surface area contributed by atoms with Crippen molar-refractivity contribution in [3.05, 3.63) is 71.9 Å². The fourth-order valence-electron chi connectivity index (χ4n) is 9.90. The third-order valence-electron chi connectivity index (χ3n) is 14.7. The average molecular weight is 1260 g/mol. The number of aliphatic hydroxyl groups is 2. The van der Waals surface area contributed by atoms with Gasteiger partial charge in [-0.2, -0.15) is 0 Å². The Morgan fingerprint density at radius 2 is 0.889 bits per heavy atom. The van der Waals surface area contributed by atoms with Gasteiger partial charge in [0, 0.05) is 29.9 Å². The topological polar surface area (TPSA) is 477 Å². The van der Waals surface area contributed by atoms with Crippen molar-refractivity contribution >= 4 is 75.9 Å². The number of benzene rings is 2. The number of rotatable bonds is 42. The number of aliphatic hydroxyl groups excluding tert-OH is 2. The number of hydrogen-bond acceptors (Lipinski definition) is 16. The van der Waals surface area contributed by atoms with Crippen LogP contribution in [-0.4, -0.2) is 172 Å². The summed E-state index contributed by atoms with van der Waals surface area (Å²) in [5.41, 5.74) is 25.6. The van der Waals surface area contributed by atoms with Gasteiger partial charge in [0.05, 0.1) is 18.8 Å². The number of fused-ring (bicyclic) bond motifs is 1. The molecule has 11 atom stereocenters. The molecule has 0 aliphatic heterocycles. The minimum absolute atomic E-state index is 0.0126. The fraction of sp³-hybridized carbons (Fsp3) is 0.597. The monoisotopic (exact) mass is 1260 g/mol. The number of amides is 10. The number of nitrogens with one attached hydrogen (secondary N) is 10. The first-order chi connectivity index (χ1) is 42.6. The first kappa shape index (κ1) is 76.2. The van der Waals surface area contributed by atoms with Crippen LogP contribution in [0.3, 0.4) is 0 Å². The summed E-state index contributed by atoms with van der Waals surface area (Å²) in [4.78, 5) is 154. The largest absolute Gasteiger partial charge is 0.480 e. The lowest BCUT2D eigenvalue weighted by atomic mass is 9.99. The highest BCUT2D eigenvalue weighted by Gasteiger charge is 2.37. The molecule has 0 radical (unpaired) electrons. The van der Waals surface area contributed by atoms with Crippen LogP contribution in [0.25, 0.3) is 10.9 Å². The van der Waals surface area contributed by atoms with Gasteiger partial charge >= 0.3 is 5.97 Å². The molecule has 1 aromatic heterocycles. The van der Waals surface area contributed by atoms with E-state index in [1.165, 1.54) is 6.92 Å². The summed E-state index contributed by atoms with van der Waals surface area (Å²) in [6.07, 6.45) is 0.556. The van der Waals surface area contributed by atoms with Gasteiger partial charge in [0.15, 0.2) is 0 Å². The summed E-state index contributed by atoms with van der Waals surface area (Å²) >= 11 is 0. The number of carboxylic acids is 1. The Hall–Kier alpha value is -8.05. The summed E-state index contributed by atoms with van der Waals surface area (Å²) < 4.78 is 0. The van der Waals surface area contributed by atoms with Crippen molar-refractivity contribution in [3.8, 4) is 0 Å². The first-order valence-electron chi connectivity index (χ1n) is 30.9. The molecule has 0 spiro atoms. The molecule has 21 N–H and O–H groups in total. The van der Waals surface area contributed by atoms with Crippen molar-refractivity contribution in [1.82, 2.24) is 52.8 Å². The first-order valence-corrected chi connectivity index (χ1v) is 30.9. The molecular weight excluding hydrogens is 1160 g/mol.